The summed E-state index contributed by atoms with van der Waals surface area (Å²) in [7, 11) is 0. The topological polar surface area (TPSA) is 18.5 Å². The van der Waals surface area contributed by atoms with Crippen molar-refractivity contribution in [3.63, 3.8) is 0 Å². The quantitative estimate of drug-likeness (QED) is 0.515. The van der Waals surface area contributed by atoms with E-state index < -0.39 is 5.79 Å². The van der Waals surface area contributed by atoms with Gasteiger partial charge < -0.3 is 0 Å². The van der Waals surface area contributed by atoms with Gasteiger partial charge in [0.05, 0.1) is 0 Å². The van der Waals surface area contributed by atoms with Crippen molar-refractivity contribution in [3.8, 4) is 0 Å². The van der Waals surface area contributed by atoms with E-state index in [0.717, 1.165) is 5.57 Å². The summed E-state index contributed by atoms with van der Waals surface area (Å²) in [5, 5.41) is 0. The van der Waals surface area contributed by atoms with Gasteiger partial charge in [-0.3, -0.25) is 0 Å². The van der Waals surface area contributed by atoms with Crippen molar-refractivity contribution < 1.29 is 24.5 Å². The molecular weight excluding hydrogens is 199 g/mol. The van der Waals surface area contributed by atoms with Crippen LogP contribution in [0.1, 0.15) is 6.92 Å². The van der Waals surface area contributed by atoms with Gasteiger partial charge in [0, 0.05) is 0 Å². The Bertz CT molecular complexity index is 215. The van der Waals surface area contributed by atoms with Crippen molar-refractivity contribution in [2.45, 2.75) is 12.7 Å². The van der Waals surface area contributed by atoms with Crippen molar-refractivity contribution in [3.05, 3.63) is 24.3 Å². The zero-order valence-electron chi connectivity index (χ0n) is 6.99. The van der Waals surface area contributed by atoms with E-state index in [1.165, 1.54) is 0 Å². The first kappa shape index (κ1) is 9.85. The van der Waals surface area contributed by atoms with Gasteiger partial charge in [-0.15, -0.1) is 0 Å². The van der Waals surface area contributed by atoms with E-state index in [0.29, 0.717) is 13.2 Å². The molecule has 0 saturated carbocycles. The van der Waals surface area contributed by atoms with Crippen LogP contribution in [0.15, 0.2) is 24.3 Å². The van der Waals surface area contributed by atoms with Gasteiger partial charge in [-0.2, -0.15) is 0 Å². The molecule has 0 spiro atoms. The summed E-state index contributed by atoms with van der Waals surface area (Å²) in [6.45, 7) is 6.81. The molecule has 1 fully saturated rings. The normalized spacial score (nSPS) is 22.4. The molecule has 0 radical (unpaired) electrons. The number of ether oxygens (including phenoxy) is 2. The van der Waals surface area contributed by atoms with E-state index in [9.17, 15) is 0 Å². The molecule has 0 N–H and O–H groups in total. The monoisotopic (exact) mass is 210 g/mol. The van der Waals surface area contributed by atoms with Gasteiger partial charge in [0.1, 0.15) is 0 Å². The predicted octanol–water partition coefficient (Wildman–Crippen LogP) is 1.21. The van der Waals surface area contributed by atoms with E-state index in [-0.39, 0.29) is 0 Å². The molecule has 70 valence electrons. The Morgan fingerprint density at radius 3 is 2.50 bits per heavy atom. The Hall–Kier alpha value is -0.236. The van der Waals surface area contributed by atoms with Crippen molar-refractivity contribution >= 4 is 4.99 Å². The fraction of sp³-hybridized carbons (Fsp3) is 0.444. The van der Waals surface area contributed by atoms with Crippen molar-refractivity contribution in [1.29, 1.82) is 0 Å². The van der Waals surface area contributed by atoms with E-state index >= 15 is 0 Å². The molecule has 1 saturated heterocycles. The van der Waals surface area contributed by atoms with Crippen LogP contribution in [-0.4, -0.2) is 24.0 Å². The summed E-state index contributed by atoms with van der Waals surface area (Å²) in [4.78, 5) is 1.58. The molecule has 0 aliphatic carbocycles. The summed E-state index contributed by atoms with van der Waals surface area (Å²) < 4.78 is 10.8. The molecule has 0 aromatic heterocycles. The van der Waals surface area contributed by atoms with Crippen molar-refractivity contribution in [2.24, 2.45) is 0 Å². The first-order chi connectivity index (χ1) is 5.73. The molecule has 1 rings (SSSR count). The summed E-state index contributed by atoms with van der Waals surface area (Å²) in [5.41, 5.74) is 0.881. The van der Waals surface area contributed by atoms with Gasteiger partial charge >= 0.3 is 79.7 Å². The predicted molar refractivity (Wildman–Crippen MR) is 44.7 cm³/mol. The third-order valence-electron chi connectivity index (χ3n) is 1.81. The average molecular weight is 211 g/mol. The van der Waals surface area contributed by atoms with E-state index in [4.69, 9.17) is 9.47 Å². The number of allylic oxidation sites excluding steroid dienone is 1. The minimum absolute atomic E-state index is 0.628. The minimum atomic E-state index is -0.635. The molecule has 12 heavy (non-hydrogen) atoms. The second-order valence-electron chi connectivity index (χ2n) is 2.57. The Balaban J connectivity index is 2.83. The fourth-order valence-electron chi connectivity index (χ4n) is 1.14. The molecule has 0 amide bonds. The standard InChI is InChI=1S/C9H12O2.Ni/c1-4-8(5-2)9(3)10-6-7-11-9;/h1,4-5H,2,6-7H2,3H3;/b8-4+;. The van der Waals surface area contributed by atoms with Gasteiger partial charge in [0.15, 0.2) is 0 Å². The molecule has 1 heterocycles. The molecule has 0 aromatic carbocycles. The zero-order chi connectivity index (χ0) is 9.03. The summed E-state index contributed by atoms with van der Waals surface area (Å²) >= 11 is 4.44. The van der Waals surface area contributed by atoms with Crippen LogP contribution < -0.4 is 0 Å². The first-order valence-electron chi connectivity index (χ1n) is 3.74. The van der Waals surface area contributed by atoms with E-state index in [2.05, 4.69) is 21.6 Å². The molecule has 0 atom stereocenters. The maximum absolute atomic E-state index is 5.42. The SMILES string of the molecule is C=C/C(=C\[CH]=[Ni])C1(C)OCCO1. The van der Waals surface area contributed by atoms with Gasteiger partial charge in [0.25, 0.3) is 0 Å². The Kier molecular flexibility index (Phi) is 3.39. The molecule has 1 aliphatic heterocycles. The Labute approximate surface area is 80.2 Å². The van der Waals surface area contributed by atoms with Crippen LogP contribution in [0.5, 0.6) is 0 Å². The molecule has 0 bridgehead atoms. The van der Waals surface area contributed by atoms with Gasteiger partial charge in [-0.05, 0) is 0 Å². The third kappa shape index (κ3) is 1.92. The number of rotatable bonds is 3. The van der Waals surface area contributed by atoms with Crippen LogP contribution in [-0.2, 0) is 24.5 Å². The van der Waals surface area contributed by atoms with Crippen LogP contribution in [0.4, 0.5) is 0 Å². The number of hydrogen-bond donors (Lipinski definition) is 0. The maximum atomic E-state index is 5.42. The van der Waals surface area contributed by atoms with Crippen LogP contribution in [0.3, 0.4) is 0 Å². The van der Waals surface area contributed by atoms with Crippen molar-refractivity contribution in [1.82, 2.24) is 0 Å². The van der Waals surface area contributed by atoms with Crippen LogP contribution in [0.25, 0.3) is 0 Å². The summed E-state index contributed by atoms with van der Waals surface area (Å²) in [6, 6.07) is 0. The third-order valence-corrected chi connectivity index (χ3v) is 1.98. The second-order valence-corrected chi connectivity index (χ2v) is 2.90. The van der Waals surface area contributed by atoms with Crippen LogP contribution in [0, 0.1) is 0 Å². The molecule has 2 nitrogen and oxygen atoms in total. The summed E-state index contributed by atoms with van der Waals surface area (Å²) in [6.07, 6.45) is 3.50. The molecule has 0 unspecified atom stereocenters. The molecular formula is C9H12NiO2. The Morgan fingerprint density at radius 1 is 1.50 bits per heavy atom. The molecule has 0 aromatic rings. The Morgan fingerprint density at radius 2 is 2.08 bits per heavy atom. The fourth-order valence-corrected chi connectivity index (χ4v) is 1.32. The summed E-state index contributed by atoms with van der Waals surface area (Å²) in [5.74, 6) is -0.635. The second kappa shape index (κ2) is 4.13. The van der Waals surface area contributed by atoms with Gasteiger partial charge in [0.2, 0.25) is 0 Å². The average Bonchev–Trinajstić information content (AvgIpc) is 2.49. The first-order valence-corrected chi connectivity index (χ1v) is 4.31. The van der Waals surface area contributed by atoms with Gasteiger partial charge in [-0.1, -0.05) is 0 Å². The van der Waals surface area contributed by atoms with Crippen LogP contribution >= 0.6 is 0 Å². The van der Waals surface area contributed by atoms with E-state index in [1.807, 2.05) is 6.92 Å². The van der Waals surface area contributed by atoms with E-state index in [1.54, 1.807) is 17.1 Å². The molecule has 3 heteroatoms. The van der Waals surface area contributed by atoms with Crippen LogP contribution in [0.2, 0.25) is 0 Å². The van der Waals surface area contributed by atoms with Gasteiger partial charge in [-0.25, -0.2) is 0 Å². The number of hydrogen-bond acceptors (Lipinski definition) is 2. The zero-order valence-corrected chi connectivity index (χ0v) is 7.97. The van der Waals surface area contributed by atoms with Crippen molar-refractivity contribution in [2.75, 3.05) is 13.2 Å². The molecule has 1 aliphatic rings.